The van der Waals surface area contributed by atoms with Gasteiger partial charge >= 0.3 is 0 Å². The van der Waals surface area contributed by atoms with Gasteiger partial charge in [0.2, 0.25) is 0 Å². The first-order chi connectivity index (χ1) is 9.83. The Balaban J connectivity index is 2.33. The molecule has 0 spiro atoms. The third-order valence-corrected chi connectivity index (χ3v) is 4.05. The Labute approximate surface area is 128 Å². The first kappa shape index (κ1) is 16.1. The van der Waals surface area contributed by atoms with Crippen molar-refractivity contribution in [1.29, 1.82) is 0 Å². The predicted octanol–water partition coefficient (Wildman–Crippen LogP) is 3.79. The molecule has 21 heavy (non-hydrogen) atoms. The highest BCUT2D eigenvalue weighted by Gasteiger charge is 2.12. The highest BCUT2D eigenvalue weighted by Crippen LogP contribution is 2.26. The Kier molecular flexibility index (Phi) is 4.74. The summed E-state index contributed by atoms with van der Waals surface area (Å²) in [5.41, 5.74) is 5.50. The molecule has 0 amide bonds. The van der Waals surface area contributed by atoms with Crippen LogP contribution in [-0.2, 0) is 17.8 Å². The second-order valence-electron chi connectivity index (χ2n) is 6.81. The molecule has 0 bridgehead atoms. The Morgan fingerprint density at radius 1 is 1.19 bits per heavy atom. The van der Waals surface area contributed by atoms with Gasteiger partial charge in [0.15, 0.2) is 0 Å². The zero-order valence-electron chi connectivity index (χ0n) is 14.2. The molecule has 0 aliphatic carbocycles. The summed E-state index contributed by atoms with van der Waals surface area (Å²) in [5, 5.41) is 4.91. The minimum absolute atomic E-state index is 0.143. The predicted molar refractivity (Wildman–Crippen MR) is 89.9 cm³/mol. The molecular weight excluding hydrogens is 260 g/mol. The summed E-state index contributed by atoms with van der Waals surface area (Å²) in [6.07, 6.45) is 0. The van der Waals surface area contributed by atoms with Crippen molar-refractivity contribution in [2.45, 2.75) is 53.2 Å². The van der Waals surface area contributed by atoms with Crippen LogP contribution in [0.5, 0.6) is 0 Å². The molecule has 0 saturated heterocycles. The molecule has 0 aliphatic rings. The minimum Gasteiger partial charge on any atom is -0.383 e. The highest BCUT2D eigenvalue weighted by molar-refractivity contribution is 5.86. The van der Waals surface area contributed by atoms with E-state index in [2.05, 4.69) is 62.7 Å². The van der Waals surface area contributed by atoms with Crippen LogP contribution in [0, 0.1) is 13.8 Å². The van der Waals surface area contributed by atoms with Gasteiger partial charge in [0.05, 0.1) is 6.61 Å². The van der Waals surface area contributed by atoms with E-state index in [4.69, 9.17) is 4.74 Å². The second kappa shape index (κ2) is 6.20. The normalized spacial score (nSPS) is 12.3. The number of methoxy groups -OCH3 is 1. The molecule has 0 radical (unpaired) electrons. The molecule has 2 aromatic rings. The lowest BCUT2D eigenvalue weighted by molar-refractivity contribution is 0.188. The maximum atomic E-state index is 5.23. The standard InChI is InChI=1S/C18H28N2O/c1-13-14(2)20(9-10-21-6)17-8-7-15(11-16(13)17)12-19-18(3,4)5/h7-8,11,19H,9-10,12H2,1-6H3. The van der Waals surface area contributed by atoms with E-state index in [-0.39, 0.29) is 5.54 Å². The summed E-state index contributed by atoms with van der Waals surface area (Å²) in [5.74, 6) is 0. The number of fused-ring (bicyclic) bond motifs is 1. The van der Waals surface area contributed by atoms with E-state index in [0.717, 1.165) is 19.7 Å². The van der Waals surface area contributed by atoms with Crippen LogP contribution < -0.4 is 5.32 Å². The maximum Gasteiger partial charge on any atom is 0.0642 e. The molecule has 2 rings (SSSR count). The van der Waals surface area contributed by atoms with Crippen LogP contribution in [0.15, 0.2) is 18.2 Å². The fourth-order valence-electron chi connectivity index (χ4n) is 2.64. The van der Waals surface area contributed by atoms with Gasteiger partial charge in [-0.2, -0.15) is 0 Å². The molecule has 0 aliphatic heterocycles. The minimum atomic E-state index is 0.143. The Bertz CT molecular complexity index is 620. The Morgan fingerprint density at radius 3 is 2.52 bits per heavy atom. The second-order valence-corrected chi connectivity index (χ2v) is 6.81. The summed E-state index contributed by atoms with van der Waals surface area (Å²) >= 11 is 0. The molecular formula is C18H28N2O. The monoisotopic (exact) mass is 288 g/mol. The van der Waals surface area contributed by atoms with E-state index in [9.17, 15) is 0 Å². The lowest BCUT2D eigenvalue weighted by atomic mass is 10.1. The van der Waals surface area contributed by atoms with Gasteiger partial charge in [-0.05, 0) is 57.9 Å². The molecule has 1 heterocycles. The quantitative estimate of drug-likeness (QED) is 0.906. The first-order valence-corrected chi connectivity index (χ1v) is 7.66. The van der Waals surface area contributed by atoms with Crippen LogP contribution in [0.1, 0.15) is 37.6 Å². The summed E-state index contributed by atoms with van der Waals surface area (Å²) in [6, 6.07) is 6.79. The van der Waals surface area contributed by atoms with E-state index in [1.54, 1.807) is 7.11 Å². The van der Waals surface area contributed by atoms with Crippen LogP contribution in [0.4, 0.5) is 0 Å². The SMILES string of the molecule is COCCn1c(C)c(C)c2cc(CNC(C)(C)C)ccc21. The van der Waals surface area contributed by atoms with Crippen molar-refractivity contribution in [2.24, 2.45) is 0 Å². The number of nitrogens with zero attached hydrogens (tertiary/aromatic N) is 1. The molecule has 0 atom stereocenters. The average molecular weight is 288 g/mol. The molecule has 3 heteroatoms. The van der Waals surface area contributed by atoms with Crippen LogP contribution in [-0.4, -0.2) is 23.8 Å². The van der Waals surface area contributed by atoms with Crippen LogP contribution in [0.3, 0.4) is 0 Å². The summed E-state index contributed by atoms with van der Waals surface area (Å²) in [4.78, 5) is 0. The van der Waals surface area contributed by atoms with Gasteiger partial charge in [-0.3, -0.25) is 0 Å². The number of benzene rings is 1. The molecule has 116 valence electrons. The van der Waals surface area contributed by atoms with E-state index in [1.165, 1.54) is 27.7 Å². The number of hydrogen-bond acceptors (Lipinski definition) is 2. The van der Waals surface area contributed by atoms with Crippen LogP contribution >= 0.6 is 0 Å². The molecule has 1 N–H and O–H groups in total. The number of hydrogen-bond donors (Lipinski definition) is 1. The third kappa shape index (κ3) is 3.66. The fourth-order valence-corrected chi connectivity index (χ4v) is 2.64. The smallest absolute Gasteiger partial charge is 0.0642 e. The van der Waals surface area contributed by atoms with Gasteiger partial charge < -0.3 is 14.6 Å². The first-order valence-electron chi connectivity index (χ1n) is 7.66. The van der Waals surface area contributed by atoms with Crippen molar-refractivity contribution in [2.75, 3.05) is 13.7 Å². The number of aryl methyl sites for hydroxylation is 1. The van der Waals surface area contributed by atoms with Gasteiger partial charge in [0, 0.05) is 42.3 Å². The van der Waals surface area contributed by atoms with Crippen LogP contribution in [0.25, 0.3) is 10.9 Å². The van der Waals surface area contributed by atoms with Gasteiger partial charge in [-0.25, -0.2) is 0 Å². The maximum absolute atomic E-state index is 5.23. The van der Waals surface area contributed by atoms with E-state index in [1.807, 2.05) is 0 Å². The van der Waals surface area contributed by atoms with Gasteiger partial charge in [0.25, 0.3) is 0 Å². The summed E-state index contributed by atoms with van der Waals surface area (Å²) in [7, 11) is 1.75. The zero-order chi connectivity index (χ0) is 15.6. The van der Waals surface area contributed by atoms with E-state index < -0.39 is 0 Å². The molecule has 1 aromatic heterocycles. The van der Waals surface area contributed by atoms with Gasteiger partial charge in [-0.15, -0.1) is 0 Å². The van der Waals surface area contributed by atoms with Crippen molar-refractivity contribution >= 4 is 10.9 Å². The zero-order valence-corrected chi connectivity index (χ0v) is 14.2. The average Bonchev–Trinajstić information content (AvgIpc) is 2.66. The highest BCUT2D eigenvalue weighted by atomic mass is 16.5. The topological polar surface area (TPSA) is 26.2 Å². The number of rotatable bonds is 5. The van der Waals surface area contributed by atoms with Gasteiger partial charge in [0.1, 0.15) is 0 Å². The van der Waals surface area contributed by atoms with Crippen molar-refractivity contribution < 1.29 is 4.74 Å². The lowest BCUT2D eigenvalue weighted by Crippen LogP contribution is -2.35. The Morgan fingerprint density at radius 2 is 1.90 bits per heavy atom. The largest absolute Gasteiger partial charge is 0.383 e. The summed E-state index contributed by atoms with van der Waals surface area (Å²) in [6.45, 7) is 13.6. The van der Waals surface area contributed by atoms with E-state index >= 15 is 0 Å². The molecule has 0 saturated carbocycles. The summed E-state index contributed by atoms with van der Waals surface area (Å²) < 4.78 is 7.58. The van der Waals surface area contributed by atoms with E-state index in [0.29, 0.717) is 0 Å². The third-order valence-electron chi connectivity index (χ3n) is 4.05. The molecule has 1 aromatic carbocycles. The van der Waals surface area contributed by atoms with Crippen LogP contribution in [0.2, 0.25) is 0 Å². The molecule has 0 fully saturated rings. The molecule has 0 unspecified atom stereocenters. The van der Waals surface area contributed by atoms with Gasteiger partial charge in [-0.1, -0.05) is 6.07 Å². The van der Waals surface area contributed by atoms with Crippen molar-refractivity contribution in [3.8, 4) is 0 Å². The van der Waals surface area contributed by atoms with Crippen molar-refractivity contribution in [1.82, 2.24) is 9.88 Å². The number of ether oxygens (including phenoxy) is 1. The molecule has 3 nitrogen and oxygen atoms in total. The van der Waals surface area contributed by atoms with Crippen molar-refractivity contribution in [3.05, 3.63) is 35.0 Å². The lowest BCUT2D eigenvalue weighted by Gasteiger charge is -2.20. The number of aromatic nitrogens is 1. The van der Waals surface area contributed by atoms with Crippen molar-refractivity contribution in [3.63, 3.8) is 0 Å². The number of nitrogens with one attached hydrogen (secondary N) is 1. The Hall–Kier alpha value is -1.32. The fraction of sp³-hybridized carbons (Fsp3) is 0.556.